The lowest BCUT2D eigenvalue weighted by Gasteiger charge is -2.11. The maximum Gasteiger partial charge on any atom is 0.163 e. The molecule has 33 heavy (non-hydrogen) atoms. The van der Waals surface area contributed by atoms with Crippen LogP contribution in [0.3, 0.4) is 0 Å². The van der Waals surface area contributed by atoms with Crippen molar-refractivity contribution in [3.05, 3.63) is 115 Å². The molecule has 1 aromatic heterocycles. The minimum absolute atomic E-state index is 0.217. The van der Waals surface area contributed by atoms with E-state index >= 15 is 0 Å². The molecule has 0 amide bonds. The summed E-state index contributed by atoms with van der Waals surface area (Å²) in [6.45, 7) is 4.22. The molecule has 160 valence electrons. The smallest absolute Gasteiger partial charge is 0.163 e. The van der Waals surface area contributed by atoms with Crippen LogP contribution < -0.4 is 0 Å². The predicted octanol–water partition coefficient (Wildman–Crippen LogP) is 7.66. The molecule has 5 rings (SSSR count). The van der Waals surface area contributed by atoms with Crippen LogP contribution in [0.4, 0.5) is 0 Å². The molecule has 5 aromatic rings. The standard InChI is InChI=1S/C30H25N3/c1-21(2)28-31-29(24-12-7-4-8-13-24)33-30(32-28)25-18-16-23(17-19-25)27-15-9-14-26(20-27)22-10-5-3-6-11-22/h3-21H,1-2H3. The summed E-state index contributed by atoms with van der Waals surface area (Å²) in [5.74, 6) is 2.44. The second-order valence-electron chi connectivity index (χ2n) is 8.39. The first-order valence-electron chi connectivity index (χ1n) is 11.2. The second-order valence-corrected chi connectivity index (χ2v) is 8.39. The first-order valence-corrected chi connectivity index (χ1v) is 11.2. The van der Waals surface area contributed by atoms with Gasteiger partial charge in [0.2, 0.25) is 0 Å². The Morgan fingerprint density at radius 1 is 0.424 bits per heavy atom. The summed E-state index contributed by atoms with van der Waals surface area (Å²) in [6.07, 6.45) is 0. The Balaban J connectivity index is 1.50. The zero-order chi connectivity index (χ0) is 22.6. The fourth-order valence-corrected chi connectivity index (χ4v) is 3.82. The minimum Gasteiger partial charge on any atom is -0.213 e. The van der Waals surface area contributed by atoms with Crippen LogP contribution in [0, 0.1) is 0 Å². The predicted molar refractivity (Wildman–Crippen MR) is 136 cm³/mol. The Bertz CT molecular complexity index is 1360. The molecule has 3 heteroatoms. The molecular weight excluding hydrogens is 402 g/mol. The average Bonchev–Trinajstić information content (AvgIpc) is 2.89. The molecule has 0 radical (unpaired) electrons. The molecule has 4 aromatic carbocycles. The summed E-state index contributed by atoms with van der Waals surface area (Å²) in [5, 5.41) is 0. The maximum atomic E-state index is 4.79. The van der Waals surface area contributed by atoms with E-state index in [1.165, 1.54) is 16.7 Å². The molecular formula is C30H25N3. The molecule has 0 bridgehead atoms. The van der Waals surface area contributed by atoms with Gasteiger partial charge in [0.1, 0.15) is 5.82 Å². The van der Waals surface area contributed by atoms with Gasteiger partial charge in [0, 0.05) is 17.0 Å². The molecule has 0 aliphatic carbocycles. The summed E-state index contributed by atoms with van der Waals surface area (Å²) in [5.41, 5.74) is 6.76. The summed E-state index contributed by atoms with van der Waals surface area (Å²) in [6, 6.07) is 37.7. The van der Waals surface area contributed by atoms with Crippen LogP contribution in [0.1, 0.15) is 25.6 Å². The van der Waals surface area contributed by atoms with Gasteiger partial charge in [0.25, 0.3) is 0 Å². The third kappa shape index (κ3) is 4.58. The Morgan fingerprint density at radius 2 is 0.848 bits per heavy atom. The van der Waals surface area contributed by atoms with Gasteiger partial charge in [-0.2, -0.15) is 0 Å². The fraction of sp³-hybridized carbons (Fsp3) is 0.100. The third-order valence-corrected chi connectivity index (χ3v) is 5.65. The Morgan fingerprint density at radius 3 is 1.39 bits per heavy atom. The van der Waals surface area contributed by atoms with Crippen LogP contribution in [0.25, 0.3) is 45.0 Å². The average molecular weight is 428 g/mol. The van der Waals surface area contributed by atoms with E-state index in [9.17, 15) is 0 Å². The molecule has 0 fully saturated rings. The molecule has 0 aliphatic rings. The lowest BCUT2D eigenvalue weighted by atomic mass is 9.98. The highest BCUT2D eigenvalue weighted by molar-refractivity contribution is 5.74. The lowest BCUT2D eigenvalue weighted by molar-refractivity contribution is 0.766. The van der Waals surface area contributed by atoms with E-state index in [0.717, 1.165) is 22.5 Å². The van der Waals surface area contributed by atoms with Crippen LogP contribution in [-0.2, 0) is 0 Å². The van der Waals surface area contributed by atoms with Gasteiger partial charge in [-0.15, -0.1) is 0 Å². The zero-order valence-electron chi connectivity index (χ0n) is 18.8. The molecule has 0 aliphatic heterocycles. The van der Waals surface area contributed by atoms with Crippen LogP contribution in [0.15, 0.2) is 109 Å². The second kappa shape index (κ2) is 9.17. The van der Waals surface area contributed by atoms with Crippen molar-refractivity contribution in [2.45, 2.75) is 19.8 Å². The topological polar surface area (TPSA) is 38.7 Å². The highest BCUT2D eigenvalue weighted by Crippen LogP contribution is 2.29. The summed E-state index contributed by atoms with van der Waals surface area (Å²) < 4.78 is 0. The summed E-state index contributed by atoms with van der Waals surface area (Å²) in [7, 11) is 0. The van der Waals surface area contributed by atoms with Crippen molar-refractivity contribution in [1.82, 2.24) is 15.0 Å². The normalized spacial score (nSPS) is 11.0. The zero-order valence-corrected chi connectivity index (χ0v) is 18.8. The quantitative estimate of drug-likeness (QED) is 0.289. The number of rotatable bonds is 5. The van der Waals surface area contributed by atoms with Gasteiger partial charge in [-0.25, -0.2) is 15.0 Å². The van der Waals surface area contributed by atoms with Gasteiger partial charge in [0.15, 0.2) is 11.6 Å². The minimum atomic E-state index is 0.217. The van der Waals surface area contributed by atoms with E-state index in [1.807, 2.05) is 36.4 Å². The van der Waals surface area contributed by atoms with Crippen molar-refractivity contribution < 1.29 is 0 Å². The molecule has 0 saturated heterocycles. The van der Waals surface area contributed by atoms with Crippen LogP contribution in [0.5, 0.6) is 0 Å². The number of benzene rings is 4. The van der Waals surface area contributed by atoms with Gasteiger partial charge in [0.05, 0.1) is 0 Å². The van der Waals surface area contributed by atoms with Crippen molar-refractivity contribution in [1.29, 1.82) is 0 Å². The Labute approximate surface area is 194 Å². The summed E-state index contributed by atoms with van der Waals surface area (Å²) in [4.78, 5) is 14.3. The van der Waals surface area contributed by atoms with Crippen LogP contribution >= 0.6 is 0 Å². The fourth-order valence-electron chi connectivity index (χ4n) is 3.82. The highest BCUT2D eigenvalue weighted by atomic mass is 15.0. The first kappa shape index (κ1) is 20.8. The lowest BCUT2D eigenvalue weighted by Crippen LogP contribution is -2.04. The van der Waals surface area contributed by atoms with E-state index in [0.29, 0.717) is 11.6 Å². The van der Waals surface area contributed by atoms with Gasteiger partial charge >= 0.3 is 0 Å². The van der Waals surface area contributed by atoms with Gasteiger partial charge in [-0.05, 0) is 28.3 Å². The highest BCUT2D eigenvalue weighted by Gasteiger charge is 2.13. The third-order valence-electron chi connectivity index (χ3n) is 5.65. The molecule has 0 spiro atoms. The number of nitrogens with zero attached hydrogens (tertiary/aromatic N) is 3. The molecule has 0 unspecified atom stereocenters. The van der Waals surface area contributed by atoms with E-state index in [-0.39, 0.29) is 5.92 Å². The van der Waals surface area contributed by atoms with Gasteiger partial charge in [-0.3, -0.25) is 0 Å². The Hall–Kier alpha value is -4.11. The molecule has 3 nitrogen and oxygen atoms in total. The van der Waals surface area contributed by atoms with Gasteiger partial charge in [-0.1, -0.05) is 117 Å². The van der Waals surface area contributed by atoms with Crippen molar-refractivity contribution >= 4 is 0 Å². The Kier molecular flexibility index (Phi) is 5.77. The first-order chi connectivity index (χ1) is 16.2. The SMILES string of the molecule is CC(C)c1nc(-c2ccccc2)nc(-c2ccc(-c3cccc(-c4ccccc4)c3)cc2)n1. The largest absolute Gasteiger partial charge is 0.213 e. The van der Waals surface area contributed by atoms with Crippen LogP contribution in [-0.4, -0.2) is 15.0 Å². The van der Waals surface area contributed by atoms with E-state index in [2.05, 4.69) is 86.6 Å². The summed E-state index contributed by atoms with van der Waals surface area (Å²) >= 11 is 0. The van der Waals surface area contributed by atoms with E-state index < -0.39 is 0 Å². The van der Waals surface area contributed by atoms with Crippen molar-refractivity contribution in [3.63, 3.8) is 0 Å². The molecule has 1 heterocycles. The van der Waals surface area contributed by atoms with E-state index in [1.54, 1.807) is 0 Å². The maximum absolute atomic E-state index is 4.79. The molecule has 0 saturated carbocycles. The van der Waals surface area contributed by atoms with E-state index in [4.69, 9.17) is 15.0 Å². The van der Waals surface area contributed by atoms with Crippen molar-refractivity contribution in [2.75, 3.05) is 0 Å². The van der Waals surface area contributed by atoms with Gasteiger partial charge < -0.3 is 0 Å². The monoisotopic (exact) mass is 427 g/mol. The number of hydrogen-bond acceptors (Lipinski definition) is 3. The number of aromatic nitrogens is 3. The molecule has 0 atom stereocenters. The van der Waals surface area contributed by atoms with Crippen LogP contribution in [0.2, 0.25) is 0 Å². The molecule has 0 N–H and O–H groups in total. The number of hydrogen-bond donors (Lipinski definition) is 0. The van der Waals surface area contributed by atoms with Crippen molar-refractivity contribution in [2.24, 2.45) is 0 Å². The van der Waals surface area contributed by atoms with Crippen molar-refractivity contribution in [3.8, 4) is 45.0 Å².